The number of carboxylic acid groups (broad SMARTS) is 2. The van der Waals surface area contributed by atoms with Gasteiger partial charge in [-0.05, 0) is 31.7 Å². The Balaban J connectivity index is 0. The monoisotopic (exact) mass is 310 g/mol. The maximum absolute atomic E-state index is 10.1. The summed E-state index contributed by atoms with van der Waals surface area (Å²) in [6, 6.07) is -0.958. The van der Waals surface area contributed by atoms with Gasteiger partial charge >= 0.3 is 29.0 Å². The molecule has 18 heavy (non-hydrogen) atoms. The number of hydrogen-bond donors (Lipinski definition) is 4. The topological polar surface area (TPSA) is 113 Å². The van der Waals surface area contributed by atoms with Gasteiger partial charge in [-0.2, -0.15) is 0 Å². The van der Waals surface area contributed by atoms with E-state index in [-0.39, 0.29) is 23.1 Å². The number of carboxylic acids is 2. The third-order valence-electron chi connectivity index (χ3n) is 2.40. The summed E-state index contributed by atoms with van der Waals surface area (Å²) in [7, 11) is 0. The maximum atomic E-state index is 10.1. The van der Waals surface area contributed by atoms with Gasteiger partial charge < -0.3 is 21.3 Å². The van der Waals surface area contributed by atoms with E-state index in [0.717, 1.165) is 19.4 Å². The van der Waals surface area contributed by atoms with Gasteiger partial charge in [0.15, 0.2) is 0 Å². The van der Waals surface area contributed by atoms with E-state index in [1.54, 1.807) is 0 Å². The molecule has 1 rings (SSSR count). The van der Waals surface area contributed by atoms with Gasteiger partial charge in [0.2, 0.25) is 0 Å². The minimum absolute atomic E-state index is 0. The molecule has 1 aliphatic heterocycles. The average molecular weight is 311 g/mol. The first-order valence-corrected chi connectivity index (χ1v) is 5.79. The molecular weight excluding hydrogens is 288 g/mol. The van der Waals surface area contributed by atoms with Crippen LogP contribution in [0.3, 0.4) is 0 Å². The Hall–Kier alpha value is -0.621. The second-order valence-electron chi connectivity index (χ2n) is 4.56. The van der Waals surface area contributed by atoms with Gasteiger partial charge in [0, 0.05) is 0 Å². The van der Waals surface area contributed by atoms with Crippen LogP contribution in [0.5, 0.6) is 0 Å². The Morgan fingerprint density at radius 1 is 1.39 bits per heavy atom. The number of aliphatic carboxylic acids is 2. The van der Waals surface area contributed by atoms with Crippen LogP contribution in [-0.2, 0) is 26.7 Å². The Morgan fingerprint density at radius 3 is 2.11 bits per heavy atom. The summed E-state index contributed by atoms with van der Waals surface area (Å²) in [4.78, 5) is 20.2. The summed E-state index contributed by atoms with van der Waals surface area (Å²) >= 11 is 0. The number of nitrogens with two attached hydrogens (primary N) is 1. The van der Waals surface area contributed by atoms with Crippen molar-refractivity contribution < 1.29 is 36.9 Å². The Kier molecular flexibility index (Phi) is 11.3. The van der Waals surface area contributed by atoms with Crippen LogP contribution in [-0.4, -0.2) is 40.8 Å². The van der Waals surface area contributed by atoms with Crippen molar-refractivity contribution in [2.75, 3.05) is 6.54 Å². The molecule has 1 saturated heterocycles. The minimum atomic E-state index is -0.913. The molecule has 0 unspecified atom stereocenters. The van der Waals surface area contributed by atoms with Crippen molar-refractivity contribution in [3.05, 3.63) is 0 Å². The van der Waals surface area contributed by atoms with Crippen molar-refractivity contribution in [2.24, 2.45) is 11.7 Å². The van der Waals surface area contributed by atoms with E-state index in [1.807, 2.05) is 13.8 Å². The number of nitrogens with one attached hydrogen (secondary N) is 1. The van der Waals surface area contributed by atoms with E-state index < -0.39 is 18.0 Å². The van der Waals surface area contributed by atoms with Crippen LogP contribution in [0.2, 0.25) is 0 Å². The number of carbonyl (C=O) groups is 2. The van der Waals surface area contributed by atoms with Crippen molar-refractivity contribution in [3.8, 4) is 0 Å². The second kappa shape index (κ2) is 10.3. The SMILES string of the molecule is CC(C)C[C@@H](N)C(=O)O.O=C(O)[C@H]1CCCN1.[CuH+]. The molecule has 0 aromatic rings. The molecule has 0 saturated carbocycles. The van der Waals surface area contributed by atoms with Crippen molar-refractivity contribution in [1.82, 2.24) is 5.32 Å². The predicted molar refractivity (Wildman–Crippen MR) is 65.1 cm³/mol. The molecule has 0 aromatic heterocycles. The zero-order valence-electron chi connectivity index (χ0n) is 10.7. The number of rotatable bonds is 4. The molecule has 6 nitrogen and oxygen atoms in total. The van der Waals surface area contributed by atoms with Crippen LogP contribution in [0.15, 0.2) is 0 Å². The molecule has 111 valence electrons. The fourth-order valence-corrected chi connectivity index (χ4v) is 1.50. The van der Waals surface area contributed by atoms with Crippen LogP contribution < -0.4 is 11.1 Å². The molecule has 0 aromatic carbocycles. The first-order chi connectivity index (χ1) is 7.84. The van der Waals surface area contributed by atoms with Crippen molar-refractivity contribution in [3.63, 3.8) is 0 Å². The predicted octanol–water partition coefficient (Wildman–Crippen LogP) is -0.00280. The van der Waals surface area contributed by atoms with Crippen molar-refractivity contribution >= 4 is 11.9 Å². The molecular formula is C11H23CuN2O4+. The van der Waals surface area contributed by atoms with Gasteiger partial charge in [-0.1, -0.05) is 13.8 Å². The van der Waals surface area contributed by atoms with Crippen LogP contribution >= 0.6 is 0 Å². The van der Waals surface area contributed by atoms with Gasteiger partial charge in [0.25, 0.3) is 0 Å². The van der Waals surface area contributed by atoms with E-state index in [0.29, 0.717) is 12.3 Å². The van der Waals surface area contributed by atoms with Gasteiger partial charge in [0.1, 0.15) is 12.1 Å². The molecule has 0 aliphatic carbocycles. The zero-order valence-corrected chi connectivity index (χ0v) is 11.7. The second-order valence-corrected chi connectivity index (χ2v) is 4.56. The molecule has 0 amide bonds. The van der Waals surface area contributed by atoms with Crippen LogP contribution in [0.4, 0.5) is 0 Å². The van der Waals surface area contributed by atoms with Crippen molar-refractivity contribution in [1.29, 1.82) is 0 Å². The zero-order chi connectivity index (χ0) is 13.4. The Labute approximate surface area is 118 Å². The summed E-state index contributed by atoms with van der Waals surface area (Å²) < 4.78 is 0. The fourth-order valence-electron chi connectivity index (χ4n) is 1.50. The van der Waals surface area contributed by atoms with E-state index in [4.69, 9.17) is 15.9 Å². The fraction of sp³-hybridized carbons (Fsp3) is 0.818. The van der Waals surface area contributed by atoms with Gasteiger partial charge in [-0.25, -0.2) is 0 Å². The molecule has 0 bridgehead atoms. The quantitative estimate of drug-likeness (QED) is 0.544. The Morgan fingerprint density at radius 2 is 1.94 bits per heavy atom. The molecule has 1 fully saturated rings. The Bertz CT molecular complexity index is 255. The van der Waals surface area contributed by atoms with Gasteiger partial charge in [-0.3, -0.25) is 9.59 Å². The molecule has 7 heteroatoms. The first-order valence-electron chi connectivity index (χ1n) is 5.79. The van der Waals surface area contributed by atoms with Crippen LogP contribution in [0, 0.1) is 5.92 Å². The first kappa shape index (κ1) is 19.7. The summed E-state index contributed by atoms with van der Waals surface area (Å²) in [5.74, 6) is -1.28. The summed E-state index contributed by atoms with van der Waals surface area (Å²) in [6.07, 6.45) is 2.33. The van der Waals surface area contributed by atoms with E-state index in [9.17, 15) is 9.59 Å². The van der Waals surface area contributed by atoms with Crippen molar-refractivity contribution in [2.45, 2.75) is 45.2 Å². The third-order valence-corrected chi connectivity index (χ3v) is 2.40. The normalized spacial score (nSPS) is 19.4. The standard InChI is InChI=1S/C6H13NO2.C5H9NO2.Cu.H/c1-4(2)3-5(7)6(8)9;7-5(8)4-2-1-3-6-4;;/h4-5H,3,7H2,1-2H3,(H,8,9);4,6H,1-3H2,(H,7,8);;/q;;+1;/t5-;4-;;/m11../s1. The summed E-state index contributed by atoms with van der Waals surface area (Å²) in [5.41, 5.74) is 5.22. The molecule has 0 radical (unpaired) electrons. The summed E-state index contributed by atoms with van der Waals surface area (Å²) in [5, 5.41) is 19.5. The molecule has 1 aliphatic rings. The molecule has 5 N–H and O–H groups in total. The average Bonchev–Trinajstić information content (AvgIpc) is 2.69. The van der Waals surface area contributed by atoms with E-state index >= 15 is 0 Å². The third kappa shape index (κ3) is 9.41. The molecule has 2 atom stereocenters. The molecule has 1 heterocycles. The number of hydrogen-bond acceptors (Lipinski definition) is 4. The van der Waals surface area contributed by atoms with E-state index in [2.05, 4.69) is 5.32 Å². The molecule has 0 spiro atoms. The van der Waals surface area contributed by atoms with E-state index in [1.165, 1.54) is 0 Å². The van der Waals surface area contributed by atoms with Crippen LogP contribution in [0.25, 0.3) is 0 Å². The van der Waals surface area contributed by atoms with Crippen LogP contribution in [0.1, 0.15) is 33.1 Å². The van der Waals surface area contributed by atoms with Gasteiger partial charge in [-0.15, -0.1) is 0 Å². The van der Waals surface area contributed by atoms with Gasteiger partial charge in [0.05, 0.1) is 0 Å². The summed E-state index contributed by atoms with van der Waals surface area (Å²) in [6.45, 7) is 4.75.